The summed E-state index contributed by atoms with van der Waals surface area (Å²) >= 11 is 5.82. The van der Waals surface area contributed by atoms with E-state index in [4.69, 9.17) is 21.4 Å². The predicted molar refractivity (Wildman–Crippen MR) is 142 cm³/mol. The van der Waals surface area contributed by atoms with Crippen molar-refractivity contribution in [3.8, 4) is 22.8 Å². The van der Waals surface area contributed by atoms with Gasteiger partial charge in [-0.3, -0.25) is 4.79 Å². The predicted octanol–water partition coefficient (Wildman–Crippen LogP) is 5.51. The Labute approximate surface area is 215 Å². The molecule has 1 aliphatic heterocycles. The number of benzene rings is 2. The lowest BCUT2D eigenvalue weighted by Crippen LogP contribution is -2.41. The highest BCUT2D eigenvalue weighted by Crippen LogP contribution is 2.35. The fraction of sp³-hybridized carbons (Fsp3) is 0.333. The molecule has 0 bridgehead atoms. The largest absolute Gasteiger partial charge is 0.457 e. The molecule has 9 heteroatoms. The molecule has 1 atom stereocenters. The van der Waals surface area contributed by atoms with Gasteiger partial charge in [-0.15, -0.1) is 11.6 Å². The van der Waals surface area contributed by atoms with Crippen molar-refractivity contribution in [2.24, 2.45) is 0 Å². The minimum absolute atomic E-state index is 0.0272. The SMILES string of the molecule is CCNc1ncnc2c1c(-c1ccc(Oc3ccccc3)cc1)nn2[C@@H]1CCCN(C(=O)CCCl)C1. The molecule has 1 aliphatic rings. The number of halogens is 1. The fourth-order valence-electron chi connectivity index (χ4n) is 4.66. The van der Waals surface area contributed by atoms with Crippen molar-refractivity contribution >= 4 is 34.4 Å². The number of ether oxygens (including phenoxy) is 1. The molecule has 2 aromatic heterocycles. The van der Waals surface area contributed by atoms with Crippen molar-refractivity contribution < 1.29 is 9.53 Å². The summed E-state index contributed by atoms with van der Waals surface area (Å²) in [5.74, 6) is 2.70. The second-order valence-corrected chi connectivity index (χ2v) is 9.14. The molecule has 1 saturated heterocycles. The Kier molecular flexibility index (Phi) is 7.32. The van der Waals surface area contributed by atoms with Crippen LogP contribution >= 0.6 is 11.6 Å². The van der Waals surface area contributed by atoms with Crippen LogP contribution in [0.3, 0.4) is 0 Å². The van der Waals surface area contributed by atoms with Gasteiger partial charge in [0.2, 0.25) is 5.91 Å². The number of para-hydroxylation sites is 1. The van der Waals surface area contributed by atoms with Crippen molar-refractivity contribution in [1.29, 1.82) is 0 Å². The van der Waals surface area contributed by atoms with Gasteiger partial charge in [0.15, 0.2) is 5.65 Å². The lowest BCUT2D eigenvalue weighted by Gasteiger charge is -2.33. The van der Waals surface area contributed by atoms with Crippen LogP contribution in [0.5, 0.6) is 11.5 Å². The van der Waals surface area contributed by atoms with Gasteiger partial charge in [0.1, 0.15) is 29.3 Å². The van der Waals surface area contributed by atoms with E-state index in [1.807, 2.05) is 71.1 Å². The minimum Gasteiger partial charge on any atom is -0.457 e. The molecule has 0 radical (unpaired) electrons. The average molecular weight is 505 g/mol. The molecule has 0 spiro atoms. The van der Waals surface area contributed by atoms with E-state index >= 15 is 0 Å². The topological polar surface area (TPSA) is 85.2 Å². The van der Waals surface area contributed by atoms with Crippen LogP contribution in [0.2, 0.25) is 0 Å². The highest BCUT2D eigenvalue weighted by Gasteiger charge is 2.28. The highest BCUT2D eigenvalue weighted by molar-refractivity contribution is 6.18. The number of nitrogens with one attached hydrogen (secondary N) is 1. The molecule has 0 saturated carbocycles. The number of aromatic nitrogens is 4. The molecule has 8 nitrogen and oxygen atoms in total. The van der Waals surface area contributed by atoms with Crippen molar-refractivity contribution in [1.82, 2.24) is 24.6 Å². The Balaban J connectivity index is 1.51. The summed E-state index contributed by atoms with van der Waals surface area (Å²) < 4.78 is 7.94. The average Bonchev–Trinajstić information content (AvgIpc) is 3.31. The molecular weight excluding hydrogens is 476 g/mol. The summed E-state index contributed by atoms with van der Waals surface area (Å²) in [6.45, 7) is 4.11. The Bertz CT molecular complexity index is 1330. The zero-order chi connectivity index (χ0) is 24.9. The maximum absolute atomic E-state index is 12.5. The van der Waals surface area contributed by atoms with E-state index in [-0.39, 0.29) is 11.9 Å². The molecule has 1 amide bonds. The smallest absolute Gasteiger partial charge is 0.223 e. The van der Waals surface area contributed by atoms with E-state index in [0.29, 0.717) is 18.8 Å². The van der Waals surface area contributed by atoms with E-state index in [9.17, 15) is 4.79 Å². The van der Waals surface area contributed by atoms with Gasteiger partial charge < -0.3 is 15.0 Å². The number of hydrogen-bond donors (Lipinski definition) is 1. The molecule has 1 N–H and O–H groups in total. The van der Waals surface area contributed by atoms with Gasteiger partial charge in [-0.2, -0.15) is 5.10 Å². The molecule has 186 valence electrons. The Morgan fingerprint density at radius 1 is 1.11 bits per heavy atom. The first-order valence-corrected chi connectivity index (χ1v) is 12.9. The van der Waals surface area contributed by atoms with Gasteiger partial charge >= 0.3 is 0 Å². The summed E-state index contributed by atoms with van der Waals surface area (Å²) in [5, 5.41) is 9.28. The molecule has 2 aromatic carbocycles. The zero-order valence-electron chi connectivity index (χ0n) is 20.2. The van der Waals surface area contributed by atoms with E-state index in [1.54, 1.807) is 6.33 Å². The van der Waals surface area contributed by atoms with Crippen LogP contribution < -0.4 is 10.1 Å². The molecular formula is C27H29ClN6O2. The number of anilines is 1. The van der Waals surface area contributed by atoms with E-state index < -0.39 is 0 Å². The number of carbonyl (C=O) groups is 1. The Morgan fingerprint density at radius 3 is 2.64 bits per heavy atom. The third-order valence-corrected chi connectivity index (χ3v) is 6.53. The number of alkyl halides is 1. The summed E-state index contributed by atoms with van der Waals surface area (Å²) in [4.78, 5) is 23.6. The summed E-state index contributed by atoms with van der Waals surface area (Å²) in [5.41, 5.74) is 2.51. The summed E-state index contributed by atoms with van der Waals surface area (Å²) in [7, 11) is 0. The standard InChI is InChI=1S/C27H29ClN6O2/c1-2-29-26-24-25(19-10-12-22(13-11-19)36-21-8-4-3-5-9-21)32-34(27(24)31-18-30-26)20-7-6-16-33(17-20)23(35)14-15-28/h3-5,8-13,18,20H,2,6-7,14-17H2,1H3,(H,29,30,31)/t20-/m1/s1. The van der Waals surface area contributed by atoms with Gasteiger partial charge in [-0.1, -0.05) is 18.2 Å². The lowest BCUT2D eigenvalue weighted by molar-refractivity contribution is -0.132. The van der Waals surface area contributed by atoms with Gasteiger partial charge in [0.05, 0.1) is 11.4 Å². The Morgan fingerprint density at radius 2 is 1.89 bits per heavy atom. The van der Waals surface area contributed by atoms with E-state index in [1.165, 1.54) is 0 Å². The molecule has 4 aromatic rings. The third-order valence-electron chi connectivity index (χ3n) is 6.34. The molecule has 36 heavy (non-hydrogen) atoms. The van der Waals surface area contributed by atoms with Crippen LogP contribution in [0.25, 0.3) is 22.3 Å². The second-order valence-electron chi connectivity index (χ2n) is 8.76. The van der Waals surface area contributed by atoms with E-state index in [2.05, 4.69) is 15.3 Å². The maximum atomic E-state index is 12.5. The van der Waals surface area contributed by atoms with Gasteiger partial charge in [0.25, 0.3) is 0 Å². The minimum atomic E-state index is 0.0272. The van der Waals surface area contributed by atoms with Crippen LogP contribution in [0.1, 0.15) is 32.2 Å². The summed E-state index contributed by atoms with van der Waals surface area (Å²) in [6, 6.07) is 17.6. The maximum Gasteiger partial charge on any atom is 0.223 e. The molecule has 5 rings (SSSR count). The molecule has 0 unspecified atom stereocenters. The first-order chi connectivity index (χ1) is 17.7. The first kappa shape index (κ1) is 24.1. The van der Waals surface area contributed by atoms with Crippen LogP contribution in [-0.2, 0) is 4.79 Å². The molecule has 3 heterocycles. The fourth-order valence-corrected chi connectivity index (χ4v) is 4.82. The van der Waals surface area contributed by atoms with Crippen molar-refractivity contribution in [3.63, 3.8) is 0 Å². The molecule has 0 aliphatic carbocycles. The van der Waals surface area contributed by atoms with Gasteiger partial charge in [0, 0.05) is 37.5 Å². The normalized spacial score (nSPS) is 15.7. The number of piperidine rings is 1. The third kappa shape index (κ3) is 4.99. The number of hydrogen-bond acceptors (Lipinski definition) is 6. The first-order valence-electron chi connectivity index (χ1n) is 12.3. The van der Waals surface area contributed by atoms with Crippen molar-refractivity contribution in [3.05, 3.63) is 60.9 Å². The summed E-state index contributed by atoms with van der Waals surface area (Å²) in [6.07, 6.45) is 3.75. The zero-order valence-corrected chi connectivity index (χ0v) is 21.0. The highest BCUT2D eigenvalue weighted by atomic mass is 35.5. The van der Waals surface area contributed by atoms with Crippen LogP contribution in [0.15, 0.2) is 60.9 Å². The number of likely N-dealkylation sites (tertiary alicyclic amines) is 1. The number of rotatable bonds is 8. The van der Waals surface area contributed by atoms with Gasteiger partial charge in [-0.25, -0.2) is 14.6 Å². The van der Waals surface area contributed by atoms with Crippen molar-refractivity contribution in [2.45, 2.75) is 32.2 Å². The monoisotopic (exact) mass is 504 g/mol. The second kappa shape index (κ2) is 11.0. The quantitative estimate of drug-likeness (QED) is 0.318. The van der Waals surface area contributed by atoms with Gasteiger partial charge in [-0.05, 0) is 56.2 Å². The number of nitrogens with zero attached hydrogens (tertiary/aromatic N) is 5. The van der Waals surface area contributed by atoms with Crippen LogP contribution in [-0.4, -0.2) is 56.1 Å². The number of fused-ring (bicyclic) bond motifs is 1. The lowest BCUT2D eigenvalue weighted by atomic mass is 10.1. The number of amides is 1. The Hall–Kier alpha value is -3.65. The van der Waals surface area contributed by atoms with Crippen LogP contribution in [0.4, 0.5) is 5.82 Å². The number of carbonyl (C=O) groups excluding carboxylic acids is 1. The van der Waals surface area contributed by atoms with Crippen LogP contribution in [0, 0.1) is 0 Å². The molecule has 1 fully saturated rings. The van der Waals surface area contributed by atoms with Crippen molar-refractivity contribution in [2.75, 3.05) is 30.8 Å². The van der Waals surface area contributed by atoms with E-state index in [0.717, 1.165) is 65.5 Å².